The van der Waals surface area contributed by atoms with Gasteiger partial charge in [0, 0.05) is 6.04 Å². The lowest BCUT2D eigenvalue weighted by molar-refractivity contribution is 0.466. The second-order valence-corrected chi connectivity index (χ2v) is 4.04. The zero-order valence-electron chi connectivity index (χ0n) is 9.86. The number of benzene rings is 1. The van der Waals surface area contributed by atoms with Crippen LogP contribution in [0.4, 0.5) is 0 Å². The monoisotopic (exact) mass is 244 g/mol. The number of phenolic OH excluding ortho intramolecular Hbond substituents is 1. The normalized spacial score (nSPS) is 12.0. The van der Waals surface area contributed by atoms with Crippen LogP contribution in [0.1, 0.15) is 35.6 Å². The number of aromatic hydroxyl groups is 1. The van der Waals surface area contributed by atoms with E-state index in [2.05, 4.69) is 0 Å². The summed E-state index contributed by atoms with van der Waals surface area (Å²) in [5.74, 6) is 0.366. The summed E-state index contributed by atoms with van der Waals surface area (Å²) < 4.78 is 0. The number of rotatable bonds is 4. The summed E-state index contributed by atoms with van der Waals surface area (Å²) in [4.78, 5) is 0. The quantitative estimate of drug-likeness (QED) is 0.760. The van der Waals surface area contributed by atoms with E-state index in [1.54, 1.807) is 0 Å². The average molecular weight is 245 g/mol. The third kappa shape index (κ3) is 3.67. The van der Waals surface area contributed by atoms with Crippen LogP contribution in [0.3, 0.4) is 0 Å². The first-order chi connectivity index (χ1) is 7.06. The van der Waals surface area contributed by atoms with Gasteiger partial charge in [-0.2, -0.15) is 0 Å². The third-order valence-corrected chi connectivity index (χ3v) is 2.66. The topological polar surface area (TPSA) is 72.3 Å². The zero-order valence-corrected chi connectivity index (χ0v) is 10.7. The molecule has 0 aliphatic carbocycles. The van der Waals surface area contributed by atoms with E-state index in [1.165, 1.54) is 0 Å². The maximum atomic E-state index is 9.63. The minimum atomic E-state index is 0. The fourth-order valence-corrected chi connectivity index (χ4v) is 1.71. The van der Waals surface area contributed by atoms with E-state index in [0.717, 1.165) is 29.5 Å². The average Bonchev–Trinajstić information content (AvgIpc) is 2.21. The molecule has 0 saturated heterocycles. The molecule has 0 aliphatic heterocycles. The molecule has 0 amide bonds. The minimum absolute atomic E-state index is 0. The first-order valence-electron chi connectivity index (χ1n) is 5.32. The van der Waals surface area contributed by atoms with Gasteiger partial charge < -0.3 is 16.6 Å². The smallest absolute Gasteiger partial charge is 0.121 e. The lowest BCUT2D eigenvalue weighted by Crippen LogP contribution is -2.12. The molecule has 5 N–H and O–H groups in total. The minimum Gasteiger partial charge on any atom is -0.507 e. The molecule has 0 unspecified atom stereocenters. The molecule has 1 aromatic rings. The Labute approximate surface area is 103 Å². The van der Waals surface area contributed by atoms with Crippen LogP contribution < -0.4 is 11.5 Å². The van der Waals surface area contributed by atoms with E-state index < -0.39 is 0 Å². The highest BCUT2D eigenvalue weighted by molar-refractivity contribution is 5.85. The third-order valence-electron chi connectivity index (χ3n) is 2.66. The molecule has 3 nitrogen and oxygen atoms in total. The second-order valence-electron chi connectivity index (χ2n) is 4.04. The van der Waals surface area contributed by atoms with Crippen LogP contribution in [-0.4, -0.2) is 11.7 Å². The van der Waals surface area contributed by atoms with Gasteiger partial charge in [-0.15, -0.1) is 12.4 Å². The predicted molar refractivity (Wildman–Crippen MR) is 70.0 cm³/mol. The van der Waals surface area contributed by atoms with Gasteiger partial charge in [-0.3, -0.25) is 0 Å². The number of halogens is 1. The van der Waals surface area contributed by atoms with Crippen molar-refractivity contribution in [3.8, 4) is 5.75 Å². The second kappa shape index (κ2) is 6.74. The van der Waals surface area contributed by atoms with Gasteiger partial charge in [0.1, 0.15) is 5.75 Å². The van der Waals surface area contributed by atoms with Gasteiger partial charge in [-0.1, -0.05) is 12.1 Å². The number of hydrogen-bond acceptors (Lipinski definition) is 3. The molecule has 1 atom stereocenters. The summed E-state index contributed by atoms with van der Waals surface area (Å²) in [6, 6.07) is 3.92. The molecule has 0 bridgehead atoms. The molecule has 1 aromatic carbocycles. The van der Waals surface area contributed by atoms with Crippen molar-refractivity contribution in [2.75, 3.05) is 6.54 Å². The Balaban J connectivity index is 0.00000225. The molecule has 0 fully saturated rings. The lowest BCUT2D eigenvalue weighted by Gasteiger charge is -2.14. The zero-order chi connectivity index (χ0) is 11.4. The fraction of sp³-hybridized carbons (Fsp3) is 0.500. The highest BCUT2D eigenvalue weighted by Gasteiger charge is 2.09. The number of hydrogen-bond donors (Lipinski definition) is 3. The van der Waals surface area contributed by atoms with Crippen LogP contribution in [0.15, 0.2) is 12.1 Å². The van der Waals surface area contributed by atoms with Gasteiger partial charge >= 0.3 is 0 Å². The highest BCUT2D eigenvalue weighted by atomic mass is 35.5. The first-order valence-corrected chi connectivity index (χ1v) is 5.32. The molecule has 0 aliphatic rings. The van der Waals surface area contributed by atoms with Crippen molar-refractivity contribution in [3.63, 3.8) is 0 Å². The van der Waals surface area contributed by atoms with Crippen molar-refractivity contribution in [2.45, 2.75) is 32.7 Å². The predicted octanol–water partition coefficient (Wildman–Crippen LogP) is 2.17. The SMILES string of the molecule is Cc1cc([C@H](N)CCCN)cc(C)c1O.Cl. The maximum absolute atomic E-state index is 9.63. The lowest BCUT2D eigenvalue weighted by atomic mass is 9.98. The van der Waals surface area contributed by atoms with Crippen molar-refractivity contribution in [2.24, 2.45) is 11.5 Å². The van der Waals surface area contributed by atoms with Gasteiger partial charge in [0.15, 0.2) is 0 Å². The standard InChI is InChI=1S/C12H20N2O.ClH/c1-8-6-10(7-9(2)12(8)15)11(14)4-3-5-13;/h6-7,11,15H,3-5,13-14H2,1-2H3;1H/t11-;/m1./s1. The van der Waals surface area contributed by atoms with Crippen molar-refractivity contribution < 1.29 is 5.11 Å². The van der Waals surface area contributed by atoms with Crippen LogP contribution >= 0.6 is 12.4 Å². The first kappa shape index (κ1) is 15.2. The van der Waals surface area contributed by atoms with Gasteiger partial charge in [-0.25, -0.2) is 0 Å². The molecule has 0 spiro atoms. The van der Waals surface area contributed by atoms with E-state index in [0.29, 0.717) is 12.3 Å². The molecular formula is C12H21ClN2O. The molecule has 0 aromatic heterocycles. The van der Waals surface area contributed by atoms with E-state index in [-0.39, 0.29) is 18.4 Å². The molecule has 4 heteroatoms. The van der Waals surface area contributed by atoms with Crippen molar-refractivity contribution >= 4 is 12.4 Å². The molecule has 0 heterocycles. The molecular weight excluding hydrogens is 224 g/mol. The van der Waals surface area contributed by atoms with Crippen LogP contribution in [0.2, 0.25) is 0 Å². The maximum Gasteiger partial charge on any atom is 0.121 e. The van der Waals surface area contributed by atoms with Crippen LogP contribution in [0, 0.1) is 13.8 Å². The Morgan fingerprint density at radius 1 is 1.25 bits per heavy atom. The van der Waals surface area contributed by atoms with Crippen LogP contribution in [0.25, 0.3) is 0 Å². The van der Waals surface area contributed by atoms with E-state index in [4.69, 9.17) is 11.5 Å². The van der Waals surface area contributed by atoms with Crippen molar-refractivity contribution in [1.82, 2.24) is 0 Å². The van der Waals surface area contributed by atoms with Crippen molar-refractivity contribution in [3.05, 3.63) is 28.8 Å². The van der Waals surface area contributed by atoms with E-state index >= 15 is 0 Å². The van der Waals surface area contributed by atoms with Crippen LogP contribution in [-0.2, 0) is 0 Å². The summed E-state index contributed by atoms with van der Waals surface area (Å²) in [5.41, 5.74) is 14.3. The van der Waals surface area contributed by atoms with E-state index in [9.17, 15) is 5.11 Å². The summed E-state index contributed by atoms with van der Waals surface area (Å²) in [5, 5.41) is 9.63. The fourth-order valence-electron chi connectivity index (χ4n) is 1.71. The van der Waals surface area contributed by atoms with Gasteiger partial charge in [0.2, 0.25) is 0 Å². The summed E-state index contributed by atoms with van der Waals surface area (Å²) in [6.07, 6.45) is 1.82. The molecule has 16 heavy (non-hydrogen) atoms. The molecule has 0 radical (unpaired) electrons. The molecule has 1 rings (SSSR count). The Kier molecular flexibility index (Phi) is 6.41. The number of nitrogens with two attached hydrogens (primary N) is 2. The Morgan fingerprint density at radius 2 is 1.75 bits per heavy atom. The summed E-state index contributed by atoms with van der Waals surface area (Å²) in [7, 11) is 0. The summed E-state index contributed by atoms with van der Waals surface area (Å²) >= 11 is 0. The Morgan fingerprint density at radius 3 is 2.19 bits per heavy atom. The number of aryl methyl sites for hydroxylation is 2. The van der Waals surface area contributed by atoms with E-state index in [1.807, 2.05) is 26.0 Å². The molecule has 0 saturated carbocycles. The summed E-state index contributed by atoms with van der Waals surface area (Å²) in [6.45, 7) is 4.45. The molecule has 92 valence electrons. The largest absolute Gasteiger partial charge is 0.507 e. The van der Waals surface area contributed by atoms with Crippen molar-refractivity contribution in [1.29, 1.82) is 0 Å². The Bertz CT molecular complexity index is 319. The van der Waals surface area contributed by atoms with Gasteiger partial charge in [-0.05, 0) is 49.9 Å². The Hall–Kier alpha value is -0.770. The number of phenols is 1. The van der Waals surface area contributed by atoms with Gasteiger partial charge in [0.25, 0.3) is 0 Å². The van der Waals surface area contributed by atoms with Crippen LogP contribution in [0.5, 0.6) is 5.75 Å². The van der Waals surface area contributed by atoms with Gasteiger partial charge in [0.05, 0.1) is 0 Å². The highest BCUT2D eigenvalue weighted by Crippen LogP contribution is 2.26.